The Hall–Kier alpha value is -0.890. The van der Waals surface area contributed by atoms with Gasteiger partial charge in [0.05, 0.1) is 0 Å². The third kappa shape index (κ3) is 4.00. The number of benzene rings is 1. The zero-order valence-corrected chi connectivity index (χ0v) is 9.76. The van der Waals surface area contributed by atoms with Gasteiger partial charge < -0.3 is 5.32 Å². The van der Waals surface area contributed by atoms with Crippen LogP contribution in [0.3, 0.4) is 0 Å². The summed E-state index contributed by atoms with van der Waals surface area (Å²) in [6.45, 7) is 7.47. The lowest BCUT2D eigenvalue weighted by Gasteiger charge is -2.18. The highest BCUT2D eigenvalue weighted by Gasteiger charge is 2.09. The summed E-state index contributed by atoms with van der Waals surface area (Å²) in [6, 6.07) is 7.32. The van der Waals surface area contributed by atoms with Crippen molar-refractivity contribution in [1.82, 2.24) is 5.32 Å². The van der Waals surface area contributed by atoms with Crippen molar-refractivity contribution in [2.45, 2.75) is 39.2 Å². The Morgan fingerprint density at radius 3 is 2.33 bits per heavy atom. The Morgan fingerprint density at radius 1 is 1.20 bits per heavy atom. The van der Waals surface area contributed by atoms with Gasteiger partial charge in [-0.05, 0) is 43.5 Å². The molecule has 2 heteroatoms. The van der Waals surface area contributed by atoms with Gasteiger partial charge >= 0.3 is 0 Å². The fourth-order valence-corrected chi connectivity index (χ4v) is 1.89. The summed E-state index contributed by atoms with van der Waals surface area (Å²) in [6.07, 6.45) is 1.08. The highest BCUT2D eigenvalue weighted by atomic mass is 19.1. The van der Waals surface area contributed by atoms with Crippen molar-refractivity contribution in [2.24, 2.45) is 0 Å². The molecule has 0 amide bonds. The Labute approximate surface area is 91.7 Å². The van der Waals surface area contributed by atoms with Crippen LogP contribution in [0.25, 0.3) is 0 Å². The summed E-state index contributed by atoms with van der Waals surface area (Å²) in [5, 5.41) is 3.38. The molecule has 1 aromatic carbocycles. The molecule has 2 atom stereocenters. The smallest absolute Gasteiger partial charge is 0.123 e. The first-order valence-corrected chi connectivity index (χ1v) is 5.62. The summed E-state index contributed by atoms with van der Waals surface area (Å²) in [5.74, 6) is 0.310. The van der Waals surface area contributed by atoms with Crippen molar-refractivity contribution in [1.29, 1.82) is 0 Å². The molecule has 0 bridgehead atoms. The summed E-state index contributed by atoms with van der Waals surface area (Å²) in [4.78, 5) is 0. The minimum atomic E-state index is -0.161. The van der Waals surface area contributed by atoms with Crippen molar-refractivity contribution in [2.75, 3.05) is 6.54 Å². The lowest BCUT2D eigenvalue weighted by molar-refractivity contribution is 0.490. The monoisotopic (exact) mass is 209 g/mol. The Balaban J connectivity index is 2.53. The van der Waals surface area contributed by atoms with Crippen LogP contribution in [-0.4, -0.2) is 12.6 Å². The van der Waals surface area contributed by atoms with Crippen LogP contribution in [0.1, 0.15) is 38.7 Å². The van der Waals surface area contributed by atoms with Crippen LogP contribution in [-0.2, 0) is 0 Å². The summed E-state index contributed by atoms with van der Waals surface area (Å²) < 4.78 is 12.7. The first-order valence-electron chi connectivity index (χ1n) is 5.62. The lowest BCUT2D eigenvalue weighted by Crippen LogP contribution is -2.26. The van der Waals surface area contributed by atoms with Crippen molar-refractivity contribution in [3.05, 3.63) is 35.6 Å². The molecule has 1 N–H and O–H groups in total. The maximum Gasteiger partial charge on any atom is 0.123 e. The minimum absolute atomic E-state index is 0.161. The normalized spacial score (nSPS) is 14.9. The SMILES string of the molecule is CCNC(C)CC(C)c1ccc(F)cc1. The second-order valence-corrected chi connectivity index (χ2v) is 4.15. The molecule has 0 radical (unpaired) electrons. The maximum atomic E-state index is 12.7. The van der Waals surface area contributed by atoms with Crippen LogP contribution in [0.15, 0.2) is 24.3 Å². The van der Waals surface area contributed by atoms with Gasteiger partial charge in [0.1, 0.15) is 5.82 Å². The topological polar surface area (TPSA) is 12.0 Å². The number of halogens is 1. The maximum absolute atomic E-state index is 12.7. The van der Waals surface area contributed by atoms with Crippen molar-refractivity contribution in [3.63, 3.8) is 0 Å². The molecule has 2 unspecified atom stereocenters. The molecule has 84 valence electrons. The molecule has 0 aliphatic rings. The summed E-state index contributed by atoms with van der Waals surface area (Å²) in [5.41, 5.74) is 1.21. The Bertz CT molecular complexity index is 281. The largest absolute Gasteiger partial charge is 0.315 e. The average Bonchev–Trinajstić information content (AvgIpc) is 2.18. The molecule has 0 aliphatic carbocycles. The molecule has 1 nitrogen and oxygen atoms in total. The number of rotatable bonds is 5. The van der Waals surface area contributed by atoms with E-state index >= 15 is 0 Å². The van der Waals surface area contributed by atoms with Crippen molar-refractivity contribution >= 4 is 0 Å². The quantitative estimate of drug-likeness (QED) is 0.784. The molecular formula is C13H20FN. The molecule has 0 aromatic heterocycles. The van der Waals surface area contributed by atoms with E-state index in [4.69, 9.17) is 0 Å². The fourth-order valence-electron chi connectivity index (χ4n) is 1.89. The van der Waals surface area contributed by atoms with Gasteiger partial charge in [0.15, 0.2) is 0 Å². The fraction of sp³-hybridized carbons (Fsp3) is 0.538. The standard InChI is InChI=1S/C13H20FN/c1-4-15-11(3)9-10(2)12-5-7-13(14)8-6-12/h5-8,10-11,15H,4,9H2,1-3H3. The van der Waals surface area contributed by atoms with Gasteiger partial charge in [0.2, 0.25) is 0 Å². The molecule has 0 fully saturated rings. The van der Waals surface area contributed by atoms with Gasteiger partial charge in [-0.25, -0.2) is 4.39 Å². The van der Waals surface area contributed by atoms with E-state index in [0.29, 0.717) is 12.0 Å². The van der Waals surface area contributed by atoms with Gasteiger partial charge in [-0.3, -0.25) is 0 Å². The van der Waals surface area contributed by atoms with Crippen LogP contribution in [0.5, 0.6) is 0 Å². The van der Waals surface area contributed by atoms with Crippen molar-refractivity contribution in [3.8, 4) is 0 Å². The van der Waals surface area contributed by atoms with E-state index in [-0.39, 0.29) is 5.82 Å². The summed E-state index contributed by atoms with van der Waals surface area (Å²) in [7, 11) is 0. The third-order valence-corrected chi connectivity index (χ3v) is 2.70. The van der Waals surface area contributed by atoms with E-state index in [0.717, 1.165) is 13.0 Å². The second-order valence-electron chi connectivity index (χ2n) is 4.15. The number of hydrogen-bond donors (Lipinski definition) is 1. The zero-order valence-electron chi connectivity index (χ0n) is 9.76. The second kappa shape index (κ2) is 5.86. The molecule has 1 rings (SSSR count). The van der Waals surface area contributed by atoms with Crippen LogP contribution in [0, 0.1) is 5.82 Å². The molecule has 0 saturated heterocycles. The lowest BCUT2D eigenvalue weighted by atomic mass is 9.94. The van der Waals surface area contributed by atoms with Crippen LogP contribution >= 0.6 is 0 Å². The van der Waals surface area contributed by atoms with E-state index in [1.165, 1.54) is 17.7 Å². The first kappa shape index (κ1) is 12.2. The molecular weight excluding hydrogens is 189 g/mol. The molecule has 0 aliphatic heterocycles. The van der Waals surface area contributed by atoms with Crippen LogP contribution in [0.4, 0.5) is 4.39 Å². The van der Waals surface area contributed by atoms with E-state index in [1.54, 1.807) is 0 Å². The Morgan fingerprint density at radius 2 is 1.80 bits per heavy atom. The number of nitrogens with one attached hydrogen (secondary N) is 1. The average molecular weight is 209 g/mol. The first-order chi connectivity index (χ1) is 7.13. The predicted octanol–water partition coefficient (Wildman–Crippen LogP) is 3.32. The van der Waals surface area contributed by atoms with Gasteiger partial charge in [-0.15, -0.1) is 0 Å². The molecule has 0 heterocycles. The minimum Gasteiger partial charge on any atom is -0.315 e. The van der Waals surface area contributed by atoms with E-state index < -0.39 is 0 Å². The summed E-state index contributed by atoms with van der Waals surface area (Å²) >= 11 is 0. The highest BCUT2D eigenvalue weighted by Crippen LogP contribution is 2.20. The van der Waals surface area contributed by atoms with Crippen LogP contribution in [0.2, 0.25) is 0 Å². The number of hydrogen-bond acceptors (Lipinski definition) is 1. The van der Waals surface area contributed by atoms with E-state index in [1.807, 2.05) is 12.1 Å². The van der Waals surface area contributed by atoms with Crippen LogP contribution < -0.4 is 5.32 Å². The van der Waals surface area contributed by atoms with E-state index in [9.17, 15) is 4.39 Å². The predicted molar refractivity (Wildman–Crippen MR) is 62.6 cm³/mol. The van der Waals surface area contributed by atoms with E-state index in [2.05, 4.69) is 26.1 Å². The third-order valence-electron chi connectivity index (χ3n) is 2.70. The molecule has 0 spiro atoms. The van der Waals surface area contributed by atoms with Gasteiger partial charge in [0, 0.05) is 6.04 Å². The zero-order chi connectivity index (χ0) is 11.3. The molecule has 0 saturated carbocycles. The van der Waals surface area contributed by atoms with Gasteiger partial charge in [-0.2, -0.15) is 0 Å². The molecule has 1 aromatic rings. The van der Waals surface area contributed by atoms with Gasteiger partial charge in [-0.1, -0.05) is 26.0 Å². The highest BCUT2D eigenvalue weighted by molar-refractivity contribution is 5.19. The molecule has 15 heavy (non-hydrogen) atoms. The Kier molecular flexibility index (Phi) is 4.76. The van der Waals surface area contributed by atoms with Gasteiger partial charge in [0.25, 0.3) is 0 Å². The van der Waals surface area contributed by atoms with Crippen molar-refractivity contribution < 1.29 is 4.39 Å².